The molecule has 2 fully saturated rings. The van der Waals surface area contributed by atoms with Crippen molar-refractivity contribution in [1.29, 1.82) is 0 Å². The van der Waals surface area contributed by atoms with Crippen LogP contribution in [0.2, 0.25) is 0 Å². The van der Waals surface area contributed by atoms with Crippen molar-refractivity contribution in [2.45, 2.75) is 31.7 Å². The van der Waals surface area contributed by atoms with Gasteiger partial charge in [-0.25, -0.2) is 0 Å². The summed E-state index contributed by atoms with van der Waals surface area (Å²) in [4.78, 5) is 11.9. The lowest BCUT2D eigenvalue weighted by Crippen LogP contribution is -2.31. The highest BCUT2D eigenvalue weighted by Gasteiger charge is 2.42. The minimum atomic E-state index is -0.932. The van der Waals surface area contributed by atoms with Gasteiger partial charge in [0, 0.05) is 6.42 Å². The van der Waals surface area contributed by atoms with E-state index >= 15 is 0 Å². The number of hydrogen-bond donors (Lipinski definition) is 1. The second-order valence-corrected chi connectivity index (χ2v) is 4.91. The third-order valence-electron chi connectivity index (χ3n) is 3.86. The molecule has 5 unspecified atom stereocenters. The van der Waals surface area contributed by atoms with E-state index in [9.17, 15) is 9.90 Å². The highest BCUT2D eigenvalue weighted by Crippen LogP contribution is 2.44. The second kappa shape index (κ2) is 3.86. The smallest absolute Gasteiger partial charge is 0.310 e. The molecule has 1 aliphatic heterocycles. The van der Waals surface area contributed by atoms with E-state index in [0.29, 0.717) is 24.9 Å². The van der Waals surface area contributed by atoms with Gasteiger partial charge >= 0.3 is 5.97 Å². The predicted octanol–water partition coefficient (Wildman–Crippen LogP) is 0.849. The van der Waals surface area contributed by atoms with Gasteiger partial charge in [-0.05, 0) is 24.7 Å². The van der Waals surface area contributed by atoms with Crippen molar-refractivity contribution < 1.29 is 19.4 Å². The molecule has 1 heterocycles. The number of ether oxygens (including phenoxy) is 2. The Morgan fingerprint density at radius 2 is 2.25 bits per heavy atom. The van der Waals surface area contributed by atoms with Crippen molar-refractivity contribution in [3.63, 3.8) is 0 Å². The number of fused-ring (bicyclic) bond motifs is 2. The Morgan fingerprint density at radius 1 is 1.38 bits per heavy atom. The SMILES string of the molecule is O=C(OC1CCOC1O)C1CC2C=CC1C2. The summed E-state index contributed by atoms with van der Waals surface area (Å²) in [5.41, 5.74) is 0. The van der Waals surface area contributed by atoms with Gasteiger partial charge in [0.05, 0.1) is 12.5 Å². The number of carbonyl (C=O) groups is 1. The highest BCUT2D eigenvalue weighted by atomic mass is 16.7. The first-order valence-electron chi connectivity index (χ1n) is 5.92. The summed E-state index contributed by atoms with van der Waals surface area (Å²) in [6.07, 6.45) is 5.52. The van der Waals surface area contributed by atoms with Crippen molar-refractivity contribution in [1.82, 2.24) is 0 Å². The second-order valence-electron chi connectivity index (χ2n) is 4.91. The zero-order chi connectivity index (χ0) is 11.1. The number of hydrogen-bond acceptors (Lipinski definition) is 4. The summed E-state index contributed by atoms with van der Waals surface area (Å²) >= 11 is 0. The standard InChI is InChI=1S/C12H16O4/c13-11(16-10-3-4-15-12(10)14)9-6-7-1-2-8(9)5-7/h1-2,7-10,12,14H,3-6H2. The minimum Gasteiger partial charge on any atom is -0.457 e. The Labute approximate surface area is 94.2 Å². The Balaban J connectivity index is 1.59. The van der Waals surface area contributed by atoms with Crippen molar-refractivity contribution >= 4 is 5.97 Å². The van der Waals surface area contributed by atoms with Crippen LogP contribution in [-0.4, -0.2) is 30.1 Å². The molecule has 4 heteroatoms. The monoisotopic (exact) mass is 224 g/mol. The normalized spacial score (nSPS) is 45.2. The first kappa shape index (κ1) is 10.3. The quantitative estimate of drug-likeness (QED) is 0.558. The van der Waals surface area contributed by atoms with Crippen LogP contribution in [0.5, 0.6) is 0 Å². The number of rotatable bonds is 2. The summed E-state index contributed by atoms with van der Waals surface area (Å²) in [5, 5.41) is 9.40. The van der Waals surface area contributed by atoms with Crippen LogP contribution < -0.4 is 0 Å². The average molecular weight is 224 g/mol. The average Bonchev–Trinajstić information content (AvgIpc) is 2.95. The van der Waals surface area contributed by atoms with Gasteiger partial charge in [0.2, 0.25) is 0 Å². The first-order valence-corrected chi connectivity index (χ1v) is 5.92. The molecular weight excluding hydrogens is 208 g/mol. The summed E-state index contributed by atoms with van der Waals surface area (Å²) in [7, 11) is 0. The molecule has 0 aromatic rings. The zero-order valence-electron chi connectivity index (χ0n) is 9.04. The van der Waals surface area contributed by atoms with E-state index in [1.807, 2.05) is 0 Å². The van der Waals surface area contributed by atoms with E-state index in [0.717, 1.165) is 12.8 Å². The summed E-state index contributed by atoms with van der Waals surface area (Å²) < 4.78 is 10.3. The summed E-state index contributed by atoms with van der Waals surface area (Å²) in [5.74, 6) is 0.762. The van der Waals surface area contributed by atoms with Crippen LogP contribution in [0.15, 0.2) is 12.2 Å². The molecule has 3 aliphatic rings. The molecule has 5 atom stereocenters. The Morgan fingerprint density at radius 3 is 2.81 bits per heavy atom. The molecule has 0 amide bonds. The Bertz CT molecular complexity index is 325. The molecule has 88 valence electrons. The van der Waals surface area contributed by atoms with E-state index in [1.54, 1.807) is 0 Å². The van der Waals surface area contributed by atoms with Crippen LogP contribution in [0.1, 0.15) is 19.3 Å². The summed E-state index contributed by atoms with van der Waals surface area (Å²) in [6.45, 7) is 0.468. The van der Waals surface area contributed by atoms with Gasteiger partial charge in [-0.15, -0.1) is 0 Å². The zero-order valence-corrected chi connectivity index (χ0v) is 9.04. The van der Waals surface area contributed by atoms with Gasteiger partial charge in [0.1, 0.15) is 0 Å². The number of aliphatic hydroxyl groups is 1. The lowest BCUT2D eigenvalue weighted by atomic mass is 9.94. The summed E-state index contributed by atoms with van der Waals surface area (Å²) in [6, 6.07) is 0. The van der Waals surface area contributed by atoms with E-state index < -0.39 is 12.4 Å². The van der Waals surface area contributed by atoms with Crippen molar-refractivity contribution in [2.24, 2.45) is 17.8 Å². The fraction of sp³-hybridized carbons (Fsp3) is 0.750. The number of esters is 1. The molecule has 1 saturated heterocycles. The number of carbonyl (C=O) groups excluding carboxylic acids is 1. The van der Waals surface area contributed by atoms with Gasteiger partial charge in [-0.2, -0.15) is 0 Å². The van der Waals surface area contributed by atoms with Crippen molar-refractivity contribution in [3.05, 3.63) is 12.2 Å². The Hall–Kier alpha value is -0.870. The maximum absolute atomic E-state index is 11.9. The lowest BCUT2D eigenvalue weighted by Gasteiger charge is -2.20. The van der Waals surface area contributed by atoms with Crippen LogP contribution in [0, 0.1) is 17.8 Å². The van der Waals surface area contributed by atoms with Crippen LogP contribution in [0.3, 0.4) is 0 Å². The molecular formula is C12H16O4. The Kier molecular flexibility index (Phi) is 2.48. The number of aliphatic hydroxyl groups excluding tert-OH is 1. The fourth-order valence-electron chi connectivity index (χ4n) is 2.96. The van der Waals surface area contributed by atoms with Gasteiger partial charge in [0.15, 0.2) is 12.4 Å². The van der Waals surface area contributed by atoms with Crippen LogP contribution in [-0.2, 0) is 14.3 Å². The van der Waals surface area contributed by atoms with E-state index in [-0.39, 0.29) is 11.9 Å². The molecule has 2 aliphatic carbocycles. The van der Waals surface area contributed by atoms with Crippen molar-refractivity contribution in [3.8, 4) is 0 Å². The third kappa shape index (κ3) is 1.66. The molecule has 0 spiro atoms. The van der Waals surface area contributed by atoms with Gasteiger partial charge in [0.25, 0.3) is 0 Å². The van der Waals surface area contributed by atoms with Crippen molar-refractivity contribution in [2.75, 3.05) is 6.61 Å². The maximum atomic E-state index is 11.9. The molecule has 1 saturated carbocycles. The minimum absolute atomic E-state index is 0.00259. The topological polar surface area (TPSA) is 55.8 Å². The fourth-order valence-corrected chi connectivity index (χ4v) is 2.96. The van der Waals surface area contributed by atoms with Gasteiger partial charge in [-0.3, -0.25) is 4.79 Å². The van der Waals surface area contributed by atoms with E-state index in [4.69, 9.17) is 9.47 Å². The maximum Gasteiger partial charge on any atom is 0.310 e. The molecule has 3 rings (SSSR count). The first-order chi connectivity index (χ1) is 7.74. The largest absolute Gasteiger partial charge is 0.457 e. The van der Waals surface area contributed by atoms with Crippen LogP contribution in [0.4, 0.5) is 0 Å². The molecule has 0 aromatic heterocycles. The molecule has 4 nitrogen and oxygen atoms in total. The van der Waals surface area contributed by atoms with Gasteiger partial charge < -0.3 is 14.6 Å². The lowest BCUT2D eigenvalue weighted by molar-refractivity contribution is -0.171. The van der Waals surface area contributed by atoms with Crippen LogP contribution in [0.25, 0.3) is 0 Å². The van der Waals surface area contributed by atoms with E-state index in [2.05, 4.69) is 12.2 Å². The highest BCUT2D eigenvalue weighted by molar-refractivity contribution is 5.74. The molecule has 16 heavy (non-hydrogen) atoms. The third-order valence-corrected chi connectivity index (χ3v) is 3.86. The molecule has 1 N–H and O–H groups in total. The molecule has 0 radical (unpaired) electrons. The van der Waals surface area contributed by atoms with Gasteiger partial charge in [-0.1, -0.05) is 12.2 Å². The van der Waals surface area contributed by atoms with E-state index in [1.165, 1.54) is 0 Å². The molecule has 2 bridgehead atoms. The predicted molar refractivity (Wildman–Crippen MR) is 55.3 cm³/mol. The number of allylic oxidation sites excluding steroid dienone is 2. The molecule has 0 aromatic carbocycles. The van der Waals surface area contributed by atoms with Crippen LogP contribution >= 0.6 is 0 Å².